The summed E-state index contributed by atoms with van der Waals surface area (Å²) in [6.45, 7) is 1.75. The van der Waals surface area contributed by atoms with E-state index in [2.05, 4.69) is 5.32 Å². The van der Waals surface area contributed by atoms with Crippen molar-refractivity contribution in [3.8, 4) is 5.75 Å². The second-order valence-corrected chi connectivity index (χ2v) is 5.38. The summed E-state index contributed by atoms with van der Waals surface area (Å²) in [5, 5.41) is 12.8. The summed E-state index contributed by atoms with van der Waals surface area (Å²) in [6.07, 6.45) is 0.829. The molecule has 5 heteroatoms. The summed E-state index contributed by atoms with van der Waals surface area (Å²) in [5.41, 5.74) is 1.87. The van der Waals surface area contributed by atoms with Gasteiger partial charge < -0.3 is 15.2 Å². The summed E-state index contributed by atoms with van der Waals surface area (Å²) < 4.78 is 18.0. The molecule has 24 heavy (non-hydrogen) atoms. The fraction of sp³-hybridized carbons (Fsp3) is 0.211. The summed E-state index contributed by atoms with van der Waals surface area (Å²) in [6, 6.07) is 12.9. The van der Waals surface area contributed by atoms with Gasteiger partial charge in [0.25, 0.3) is 0 Å². The van der Waals surface area contributed by atoms with Crippen LogP contribution >= 0.6 is 0 Å². The Morgan fingerprint density at radius 2 is 2.00 bits per heavy atom. The van der Waals surface area contributed by atoms with Crippen LogP contribution in [0.4, 0.5) is 4.39 Å². The van der Waals surface area contributed by atoms with Crippen LogP contribution in [0, 0.1) is 5.82 Å². The summed E-state index contributed by atoms with van der Waals surface area (Å²) in [7, 11) is 1.55. The topological polar surface area (TPSA) is 58.6 Å². The Morgan fingerprint density at radius 3 is 2.67 bits per heavy atom. The Balaban J connectivity index is 1.95. The fourth-order valence-electron chi connectivity index (χ4n) is 2.17. The second kappa shape index (κ2) is 8.26. The van der Waals surface area contributed by atoms with Crippen LogP contribution in [0.3, 0.4) is 0 Å². The van der Waals surface area contributed by atoms with Gasteiger partial charge in [0.05, 0.1) is 13.2 Å². The lowest BCUT2D eigenvalue weighted by atomic mass is 10.1. The standard InChI is InChI=1S/C19H20FNO3/c1-13(10-14-6-8-16(20)9-7-14)19(23)21-12-18(22)15-4-3-5-17(11-15)24-2/h3-11,18,22H,12H2,1-2H3,(H,21,23)/b13-10+. The van der Waals surface area contributed by atoms with E-state index in [1.165, 1.54) is 12.1 Å². The summed E-state index contributed by atoms with van der Waals surface area (Å²) in [4.78, 5) is 12.1. The third-order valence-electron chi connectivity index (χ3n) is 3.55. The van der Waals surface area contributed by atoms with Crippen molar-refractivity contribution < 1.29 is 19.0 Å². The molecule has 1 atom stereocenters. The zero-order chi connectivity index (χ0) is 17.5. The molecule has 0 saturated carbocycles. The third-order valence-corrected chi connectivity index (χ3v) is 3.55. The molecule has 2 aromatic carbocycles. The molecule has 4 nitrogen and oxygen atoms in total. The van der Waals surface area contributed by atoms with Gasteiger partial charge in [0, 0.05) is 12.1 Å². The summed E-state index contributed by atoms with van der Waals surface area (Å²) in [5.74, 6) is 0.0298. The molecule has 0 aliphatic heterocycles. The van der Waals surface area contributed by atoms with Gasteiger partial charge in [-0.05, 0) is 48.4 Å². The number of aliphatic hydroxyl groups is 1. The number of carbonyl (C=O) groups excluding carboxylic acids is 1. The maximum atomic E-state index is 12.9. The highest BCUT2D eigenvalue weighted by atomic mass is 19.1. The largest absolute Gasteiger partial charge is 0.497 e. The minimum Gasteiger partial charge on any atom is -0.497 e. The van der Waals surface area contributed by atoms with E-state index in [0.29, 0.717) is 16.9 Å². The van der Waals surface area contributed by atoms with Crippen LogP contribution in [0.15, 0.2) is 54.1 Å². The Labute approximate surface area is 140 Å². The van der Waals surface area contributed by atoms with Gasteiger partial charge in [-0.3, -0.25) is 4.79 Å². The van der Waals surface area contributed by atoms with Crippen molar-refractivity contribution in [2.45, 2.75) is 13.0 Å². The highest BCUT2D eigenvalue weighted by molar-refractivity contribution is 5.97. The van der Waals surface area contributed by atoms with E-state index < -0.39 is 6.10 Å². The number of amides is 1. The van der Waals surface area contributed by atoms with Crippen molar-refractivity contribution in [2.75, 3.05) is 13.7 Å². The van der Waals surface area contributed by atoms with Crippen molar-refractivity contribution in [1.82, 2.24) is 5.32 Å². The Kier molecular flexibility index (Phi) is 6.09. The molecule has 0 heterocycles. The number of ether oxygens (including phenoxy) is 1. The van der Waals surface area contributed by atoms with Gasteiger partial charge in [0.2, 0.25) is 5.91 Å². The van der Waals surface area contributed by atoms with Crippen LogP contribution in [-0.4, -0.2) is 24.7 Å². The van der Waals surface area contributed by atoms with Gasteiger partial charge in [-0.15, -0.1) is 0 Å². The highest BCUT2D eigenvalue weighted by Gasteiger charge is 2.11. The van der Waals surface area contributed by atoms with Crippen LogP contribution in [0.2, 0.25) is 0 Å². The first kappa shape index (κ1) is 17.7. The minimum atomic E-state index is -0.831. The number of hydrogen-bond acceptors (Lipinski definition) is 3. The molecule has 2 rings (SSSR count). The lowest BCUT2D eigenvalue weighted by molar-refractivity contribution is -0.117. The van der Waals surface area contributed by atoms with Crippen molar-refractivity contribution in [2.24, 2.45) is 0 Å². The molecule has 2 aromatic rings. The van der Waals surface area contributed by atoms with Crippen molar-refractivity contribution >= 4 is 12.0 Å². The average Bonchev–Trinajstić information content (AvgIpc) is 2.61. The van der Waals surface area contributed by atoms with Crippen molar-refractivity contribution in [1.29, 1.82) is 0 Å². The number of carbonyl (C=O) groups is 1. The van der Waals surface area contributed by atoms with E-state index >= 15 is 0 Å². The first-order valence-electron chi connectivity index (χ1n) is 7.53. The number of methoxy groups -OCH3 is 1. The number of aliphatic hydroxyl groups excluding tert-OH is 1. The lowest BCUT2D eigenvalue weighted by Gasteiger charge is -2.13. The van der Waals surface area contributed by atoms with Crippen LogP contribution in [-0.2, 0) is 4.79 Å². The van der Waals surface area contributed by atoms with Crippen molar-refractivity contribution in [3.05, 3.63) is 71.0 Å². The van der Waals surface area contributed by atoms with Crippen molar-refractivity contribution in [3.63, 3.8) is 0 Å². The monoisotopic (exact) mass is 329 g/mol. The van der Waals surface area contributed by atoms with Gasteiger partial charge >= 0.3 is 0 Å². The maximum absolute atomic E-state index is 12.9. The molecule has 1 amide bonds. The van der Waals surface area contributed by atoms with Gasteiger partial charge in [-0.2, -0.15) is 0 Å². The smallest absolute Gasteiger partial charge is 0.247 e. The zero-order valence-electron chi connectivity index (χ0n) is 13.6. The molecule has 0 saturated heterocycles. The fourth-order valence-corrected chi connectivity index (χ4v) is 2.17. The van der Waals surface area contributed by atoms with E-state index in [1.54, 1.807) is 56.5 Å². The normalized spacial score (nSPS) is 12.6. The Bertz CT molecular complexity index is 726. The van der Waals surface area contributed by atoms with Crippen LogP contribution in [0.5, 0.6) is 5.75 Å². The van der Waals surface area contributed by atoms with E-state index in [4.69, 9.17) is 4.74 Å². The lowest BCUT2D eigenvalue weighted by Crippen LogP contribution is -2.28. The first-order chi connectivity index (χ1) is 11.5. The van der Waals surface area contributed by atoms with Crippen LogP contribution in [0.1, 0.15) is 24.2 Å². The summed E-state index contributed by atoms with van der Waals surface area (Å²) >= 11 is 0. The Morgan fingerprint density at radius 1 is 1.29 bits per heavy atom. The zero-order valence-corrected chi connectivity index (χ0v) is 13.6. The van der Waals surface area contributed by atoms with E-state index in [-0.39, 0.29) is 18.3 Å². The molecule has 0 bridgehead atoms. The van der Waals surface area contributed by atoms with Crippen LogP contribution < -0.4 is 10.1 Å². The molecule has 0 aromatic heterocycles. The molecule has 2 N–H and O–H groups in total. The van der Waals surface area contributed by atoms with E-state index in [9.17, 15) is 14.3 Å². The average molecular weight is 329 g/mol. The van der Waals surface area contributed by atoms with E-state index in [0.717, 1.165) is 5.56 Å². The molecule has 126 valence electrons. The number of nitrogens with one attached hydrogen (secondary N) is 1. The highest BCUT2D eigenvalue weighted by Crippen LogP contribution is 2.18. The first-order valence-corrected chi connectivity index (χ1v) is 7.53. The maximum Gasteiger partial charge on any atom is 0.247 e. The molecule has 0 fully saturated rings. The third kappa shape index (κ3) is 4.93. The molecule has 0 radical (unpaired) electrons. The van der Waals surface area contributed by atoms with Crippen LogP contribution in [0.25, 0.3) is 6.08 Å². The number of rotatable bonds is 6. The predicted molar refractivity (Wildman–Crippen MR) is 91.0 cm³/mol. The molecule has 0 aliphatic carbocycles. The predicted octanol–water partition coefficient (Wildman–Crippen LogP) is 3.09. The number of hydrogen-bond donors (Lipinski definition) is 2. The Hall–Kier alpha value is -2.66. The number of benzene rings is 2. The molecular weight excluding hydrogens is 309 g/mol. The van der Waals surface area contributed by atoms with Gasteiger partial charge in [0.15, 0.2) is 0 Å². The SMILES string of the molecule is COc1cccc(C(O)CNC(=O)/C(C)=C/c2ccc(F)cc2)c1. The molecule has 1 unspecified atom stereocenters. The molecule has 0 spiro atoms. The van der Waals surface area contributed by atoms with Gasteiger partial charge in [-0.25, -0.2) is 4.39 Å². The van der Waals surface area contributed by atoms with Gasteiger partial charge in [-0.1, -0.05) is 24.3 Å². The molecule has 0 aliphatic rings. The van der Waals surface area contributed by atoms with E-state index in [1.807, 2.05) is 0 Å². The number of halogens is 1. The minimum absolute atomic E-state index is 0.0839. The quantitative estimate of drug-likeness (QED) is 0.801. The molecular formula is C19H20FNO3. The second-order valence-electron chi connectivity index (χ2n) is 5.38. The van der Waals surface area contributed by atoms with Gasteiger partial charge in [0.1, 0.15) is 11.6 Å².